The molecule has 1 saturated heterocycles. The summed E-state index contributed by atoms with van der Waals surface area (Å²) in [6, 6.07) is 22.1. The first-order valence-corrected chi connectivity index (χ1v) is 11.1. The van der Waals surface area contributed by atoms with E-state index in [1.54, 1.807) is 7.11 Å². The van der Waals surface area contributed by atoms with Gasteiger partial charge in [0.15, 0.2) is 0 Å². The number of likely N-dealkylation sites (tertiary alicyclic amines) is 1. The van der Waals surface area contributed by atoms with Crippen LogP contribution in [0.15, 0.2) is 66.7 Å². The molecule has 1 aliphatic heterocycles. The maximum absolute atomic E-state index is 13.0. The van der Waals surface area contributed by atoms with Crippen LogP contribution in [0.3, 0.4) is 0 Å². The van der Waals surface area contributed by atoms with E-state index in [4.69, 9.17) is 4.74 Å². The maximum Gasteiger partial charge on any atom is 0.320 e. The largest absolute Gasteiger partial charge is 0.383 e. The number of carbonyl (C=O) groups excluding carboxylic acids is 1. The van der Waals surface area contributed by atoms with Crippen molar-refractivity contribution in [3.05, 3.63) is 72.3 Å². The van der Waals surface area contributed by atoms with Gasteiger partial charge in [-0.15, -0.1) is 0 Å². The first-order valence-electron chi connectivity index (χ1n) is 11.1. The molecule has 0 aliphatic carbocycles. The minimum Gasteiger partial charge on any atom is -0.383 e. The molecule has 0 radical (unpaired) electrons. The van der Waals surface area contributed by atoms with Crippen LogP contribution < -0.4 is 10.6 Å². The van der Waals surface area contributed by atoms with E-state index in [1.807, 2.05) is 54.1 Å². The van der Waals surface area contributed by atoms with Gasteiger partial charge in [-0.1, -0.05) is 60.7 Å². The van der Waals surface area contributed by atoms with Crippen LogP contribution in [0.4, 0.5) is 10.6 Å². The van der Waals surface area contributed by atoms with Crippen molar-refractivity contribution < 1.29 is 9.53 Å². The number of carbonyl (C=O) groups is 1. The highest BCUT2D eigenvalue weighted by Gasteiger charge is 2.34. The number of urea groups is 1. The summed E-state index contributed by atoms with van der Waals surface area (Å²) in [4.78, 5) is 15.3. The van der Waals surface area contributed by atoms with Crippen molar-refractivity contribution in [3.8, 4) is 11.3 Å². The summed E-state index contributed by atoms with van der Waals surface area (Å²) in [6.45, 7) is 5.90. The number of nitrogens with zero attached hydrogens (tertiary/aromatic N) is 3. The van der Waals surface area contributed by atoms with Crippen LogP contribution >= 0.6 is 0 Å². The molecular formula is C25H31N5O2. The first-order chi connectivity index (χ1) is 15.7. The molecule has 32 heavy (non-hydrogen) atoms. The highest BCUT2D eigenvalue weighted by Crippen LogP contribution is 2.28. The first kappa shape index (κ1) is 22.0. The van der Waals surface area contributed by atoms with E-state index in [2.05, 4.69) is 44.9 Å². The van der Waals surface area contributed by atoms with Crippen LogP contribution in [0.5, 0.6) is 0 Å². The monoisotopic (exact) mass is 433 g/mol. The number of aromatic nitrogens is 2. The Hall–Kier alpha value is -3.16. The van der Waals surface area contributed by atoms with Crippen molar-refractivity contribution in [2.75, 3.05) is 38.7 Å². The number of amides is 2. The van der Waals surface area contributed by atoms with Crippen LogP contribution in [0, 0.1) is 0 Å². The van der Waals surface area contributed by atoms with Gasteiger partial charge in [-0.05, 0) is 12.5 Å². The minimum absolute atomic E-state index is 0.0147. The van der Waals surface area contributed by atoms with E-state index in [0.29, 0.717) is 19.0 Å². The number of hydrogen-bond acceptors (Lipinski definition) is 4. The summed E-state index contributed by atoms with van der Waals surface area (Å²) in [5, 5.41) is 10.9. The molecular weight excluding hydrogens is 402 g/mol. The number of anilines is 1. The van der Waals surface area contributed by atoms with Crippen molar-refractivity contribution in [3.63, 3.8) is 0 Å². The molecule has 2 atom stereocenters. The molecule has 0 bridgehead atoms. The van der Waals surface area contributed by atoms with Gasteiger partial charge in [-0.25, -0.2) is 9.48 Å². The normalized spacial score (nSPS) is 18.6. The summed E-state index contributed by atoms with van der Waals surface area (Å²) in [5.41, 5.74) is 3.11. The Morgan fingerprint density at radius 3 is 2.50 bits per heavy atom. The van der Waals surface area contributed by atoms with E-state index >= 15 is 0 Å². The summed E-state index contributed by atoms with van der Waals surface area (Å²) in [6.07, 6.45) is 0. The summed E-state index contributed by atoms with van der Waals surface area (Å²) in [7, 11) is 1.72. The zero-order chi connectivity index (χ0) is 22.3. The molecule has 168 valence electrons. The predicted octanol–water partition coefficient (Wildman–Crippen LogP) is 3.81. The molecule has 2 heterocycles. The molecule has 2 aromatic carbocycles. The van der Waals surface area contributed by atoms with Gasteiger partial charge >= 0.3 is 6.03 Å². The molecule has 0 spiro atoms. The van der Waals surface area contributed by atoms with Gasteiger partial charge in [0.1, 0.15) is 5.82 Å². The Kier molecular flexibility index (Phi) is 7.19. The van der Waals surface area contributed by atoms with Crippen molar-refractivity contribution in [2.24, 2.45) is 0 Å². The van der Waals surface area contributed by atoms with Gasteiger partial charge in [-0.3, -0.25) is 10.2 Å². The molecule has 1 aliphatic rings. The number of rotatable bonds is 8. The second-order valence-corrected chi connectivity index (χ2v) is 8.07. The average molecular weight is 434 g/mol. The van der Waals surface area contributed by atoms with Crippen molar-refractivity contribution in [1.29, 1.82) is 0 Å². The third kappa shape index (κ3) is 5.18. The summed E-state index contributed by atoms with van der Waals surface area (Å²) < 4.78 is 7.07. The van der Waals surface area contributed by atoms with Crippen LogP contribution in [-0.4, -0.2) is 60.1 Å². The van der Waals surface area contributed by atoms with Crippen LogP contribution in [-0.2, 0) is 11.3 Å². The fraction of sp³-hybridized carbons (Fsp3) is 0.360. The van der Waals surface area contributed by atoms with Crippen LogP contribution in [0.25, 0.3) is 11.3 Å². The minimum atomic E-state index is -0.210. The van der Waals surface area contributed by atoms with Crippen molar-refractivity contribution in [1.82, 2.24) is 20.0 Å². The SMILES string of the molecule is CCn1nc(-c2ccccc2)cc1NC(=O)N[C@@H]1CN(CCOC)CC1c1ccccc1. The second kappa shape index (κ2) is 10.4. The Balaban J connectivity index is 1.47. The lowest BCUT2D eigenvalue weighted by molar-refractivity contribution is 0.159. The van der Waals surface area contributed by atoms with E-state index < -0.39 is 0 Å². The molecule has 1 fully saturated rings. The second-order valence-electron chi connectivity index (χ2n) is 8.07. The van der Waals surface area contributed by atoms with Gasteiger partial charge in [0, 0.05) is 50.8 Å². The number of nitrogens with one attached hydrogen (secondary N) is 2. The maximum atomic E-state index is 13.0. The number of methoxy groups -OCH3 is 1. The fourth-order valence-electron chi connectivity index (χ4n) is 4.30. The summed E-state index contributed by atoms with van der Waals surface area (Å²) >= 11 is 0. The van der Waals surface area contributed by atoms with Crippen LogP contribution in [0.1, 0.15) is 18.4 Å². The molecule has 0 saturated carbocycles. The van der Waals surface area contributed by atoms with Gasteiger partial charge in [-0.2, -0.15) is 5.10 Å². The zero-order valence-electron chi connectivity index (χ0n) is 18.7. The molecule has 3 aromatic rings. The van der Waals surface area contributed by atoms with Gasteiger partial charge in [0.05, 0.1) is 18.3 Å². The predicted molar refractivity (Wildman–Crippen MR) is 127 cm³/mol. The molecule has 7 nitrogen and oxygen atoms in total. The number of ether oxygens (including phenoxy) is 1. The van der Waals surface area contributed by atoms with Crippen molar-refractivity contribution in [2.45, 2.75) is 25.4 Å². The Morgan fingerprint density at radius 1 is 1.09 bits per heavy atom. The average Bonchev–Trinajstić information content (AvgIpc) is 3.42. The highest BCUT2D eigenvalue weighted by atomic mass is 16.5. The Labute approximate surface area is 189 Å². The van der Waals surface area contributed by atoms with E-state index in [0.717, 1.165) is 30.9 Å². The summed E-state index contributed by atoms with van der Waals surface area (Å²) in [5.74, 6) is 0.920. The standard InChI is InChI=1S/C25H31N5O2/c1-3-30-24(16-22(28-30)20-12-8-5-9-13-20)27-25(31)26-23-18-29(14-15-32-2)17-21(23)19-10-6-4-7-11-19/h4-13,16,21,23H,3,14-15,17-18H2,1-2H3,(H2,26,27,31)/t21?,23-/m1/s1. The zero-order valence-corrected chi connectivity index (χ0v) is 18.7. The van der Waals surface area contributed by atoms with E-state index in [9.17, 15) is 4.79 Å². The highest BCUT2D eigenvalue weighted by molar-refractivity contribution is 5.89. The quantitative estimate of drug-likeness (QED) is 0.567. The molecule has 7 heteroatoms. The number of benzene rings is 2. The Morgan fingerprint density at radius 2 is 1.81 bits per heavy atom. The van der Waals surface area contributed by atoms with Crippen LogP contribution in [0.2, 0.25) is 0 Å². The molecule has 1 unspecified atom stereocenters. The third-order valence-corrected chi connectivity index (χ3v) is 5.94. The lowest BCUT2D eigenvalue weighted by Gasteiger charge is -2.20. The molecule has 2 N–H and O–H groups in total. The Bertz CT molecular complexity index is 1010. The third-order valence-electron chi connectivity index (χ3n) is 5.94. The van der Waals surface area contributed by atoms with E-state index in [-0.39, 0.29) is 18.0 Å². The number of hydrogen-bond donors (Lipinski definition) is 2. The smallest absolute Gasteiger partial charge is 0.320 e. The molecule has 1 aromatic heterocycles. The fourth-order valence-corrected chi connectivity index (χ4v) is 4.30. The van der Waals surface area contributed by atoms with Gasteiger partial charge < -0.3 is 10.1 Å². The van der Waals surface area contributed by atoms with E-state index in [1.165, 1.54) is 5.56 Å². The van der Waals surface area contributed by atoms with Gasteiger partial charge in [0.25, 0.3) is 0 Å². The molecule has 2 amide bonds. The topological polar surface area (TPSA) is 71.4 Å². The molecule has 4 rings (SSSR count). The van der Waals surface area contributed by atoms with Gasteiger partial charge in [0.2, 0.25) is 0 Å². The lowest BCUT2D eigenvalue weighted by atomic mass is 9.94. The van der Waals surface area contributed by atoms with Crippen molar-refractivity contribution >= 4 is 11.8 Å². The lowest BCUT2D eigenvalue weighted by Crippen LogP contribution is -2.42. The number of aryl methyl sites for hydroxylation is 1.